The van der Waals surface area contributed by atoms with E-state index in [1.165, 1.54) is 0 Å². The van der Waals surface area contributed by atoms with E-state index in [0.29, 0.717) is 17.7 Å². The second-order valence-electron chi connectivity index (χ2n) is 4.25. The molecule has 0 aliphatic rings. The van der Waals surface area contributed by atoms with Crippen molar-refractivity contribution in [2.45, 2.75) is 12.8 Å². The lowest BCUT2D eigenvalue weighted by molar-refractivity contribution is 0.0980. The molecule has 2 rings (SSSR count). The zero-order valence-corrected chi connectivity index (χ0v) is 12.3. The summed E-state index contributed by atoms with van der Waals surface area (Å²) in [5.74, 6) is 0.753. The van der Waals surface area contributed by atoms with Gasteiger partial charge in [-0.3, -0.25) is 4.79 Å². The molecule has 0 aliphatic heterocycles. The van der Waals surface area contributed by atoms with Gasteiger partial charge in [0.15, 0.2) is 5.78 Å². The van der Waals surface area contributed by atoms with Crippen LogP contribution in [0.15, 0.2) is 53.0 Å². The van der Waals surface area contributed by atoms with Crippen LogP contribution in [0, 0.1) is 0 Å². The number of hydrogen-bond donors (Lipinski definition) is 0. The van der Waals surface area contributed by atoms with Gasteiger partial charge in [0, 0.05) is 10.9 Å². The molecule has 0 amide bonds. The first-order valence-corrected chi connectivity index (χ1v) is 6.90. The lowest BCUT2D eigenvalue weighted by Gasteiger charge is -2.07. The minimum Gasteiger partial charge on any atom is -0.496 e. The van der Waals surface area contributed by atoms with E-state index in [9.17, 15) is 4.79 Å². The van der Waals surface area contributed by atoms with Gasteiger partial charge in [0.2, 0.25) is 0 Å². The summed E-state index contributed by atoms with van der Waals surface area (Å²) in [4.78, 5) is 12.2. The number of rotatable bonds is 5. The van der Waals surface area contributed by atoms with Crippen LogP contribution in [-0.2, 0) is 6.42 Å². The molecule has 3 heteroatoms. The Labute approximate surface area is 121 Å². The van der Waals surface area contributed by atoms with Gasteiger partial charge in [-0.25, -0.2) is 0 Å². The van der Waals surface area contributed by atoms with Crippen LogP contribution in [0.2, 0.25) is 0 Å². The van der Waals surface area contributed by atoms with Crippen molar-refractivity contribution < 1.29 is 9.53 Å². The van der Waals surface area contributed by atoms with Gasteiger partial charge in [0.25, 0.3) is 0 Å². The number of ketones is 1. The molecule has 2 aromatic rings. The smallest absolute Gasteiger partial charge is 0.166 e. The Morgan fingerprint density at radius 3 is 2.47 bits per heavy atom. The molecule has 0 aliphatic carbocycles. The number of Topliss-reactive ketones (excluding diaryl/α,β-unsaturated/α-hetero) is 1. The summed E-state index contributed by atoms with van der Waals surface area (Å²) in [5.41, 5.74) is 1.81. The highest BCUT2D eigenvalue weighted by atomic mass is 79.9. The molecule has 0 fully saturated rings. The van der Waals surface area contributed by atoms with E-state index in [-0.39, 0.29) is 5.78 Å². The normalized spacial score (nSPS) is 10.2. The molecule has 0 radical (unpaired) electrons. The molecule has 2 aromatic carbocycles. The number of benzene rings is 2. The molecule has 0 unspecified atom stereocenters. The molecule has 2 nitrogen and oxygen atoms in total. The Balaban J connectivity index is 2.03. The quantitative estimate of drug-likeness (QED) is 0.769. The largest absolute Gasteiger partial charge is 0.496 e. The highest BCUT2D eigenvalue weighted by molar-refractivity contribution is 9.10. The standard InChI is InChI=1S/C16H15BrO2/c1-19-16-5-3-2-4-14(16)15(18)11-8-12-6-9-13(17)10-7-12/h2-7,9-10H,8,11H2,1H3. The first-order chi connectivity index (χ1) is 9.20. The van der Waals surface area contributed by atoms with Crippen molar-refractivity contribution in [1.29, 1.82) is 0 Å². The number of carbonyl (C=O) groups is 1. The summed E-state index contributed by atoms with van der Waals surface area (Å²) in [6.45, 7) is 0. The SMILES string of the molecule is COc1ccccc1C(=O)CCc1ccc(Br)cc1. The molecule has 0 N–H and O–H groups in total. The van der Waals surface area contributed by atoms with Crippen molar-refractivity contribution in [2.75, 3.05) is 7.11 Å². The van der Waals surface area contributed by atoms with Crippen LogP contribution in [0.5, 0.6) is 5.75 Å². The fraction of sp³-hybridized carbons (Fsp3) is 0.188. The van der Waals surface area contributed by atoms with Crippen molar-refractivity contribution in [2.24, 2.45) is 0 Å². The van der Waals surface area contributed by atoms with Gasteiger partial charge in [-0.1, -0.05) is 40.2 Å². The topological polar surface area (TPSA) is 26.3 Å². The number of halogens is 1. The van der Waals surface area contributed by atoms with E-state index >= 15 is 0 Å². The van der Waals surface area contributed by atoms with Gasteiger partial charge in [0.05, 0.1) is 12.7 Å². The van der Waals surface area contributed by atoms with Crippen molar-refractivity contribution in [3.8, 4) is 5.75 Å². The molecular formula is C16H15BrO2. The van der Waals surface area contributed by atoms with Crippen LogP contribution in [0.4, 0.5) is 0 Å². The van der Waals surface area contributed by atoms with Crippen LogP contribution in [0.1, 0.15) is 22.3 Å². The monoisotopic (exact) mass is 318 g/mol. The van der Waals surface area contributed by atoms with E-state index in [0.717, 1.165) is 16.5 Å². The van der Waals surface area contributed by atoms with E-state index in [4.69, 9.17) is 4.74 Å². The van der Waals surface area contributed by atoms with Crippen LogP contribution >= 0.6 is 15.9 Å². The van der Waals surface area contributed by atoms with E-state index in [1.807, 2.05) is 48.5 Å². The Bertz CT molecular complexity index is 561. The van der Waals surface area contributed by atoms with E-state index < -0.39 is 0 Å². The van der Waals surface area contributed by atoms with Crippen molar-refractivity contribution in [1.82, 2.24) is 0 Å². The Morgan fingerprint density at radius 1 is 1.11 bits per heavy atom. The zero-order valence-electron chi connectivity index (χ0n) is 10.7. The maximum Gasteiger partial charge on any atom is 0.166 e. The summed E-state index contributed by atoms with van der Waals surface area (Å²) in [6, 6.07) is 15.4. The van der Waals surface area contributed by atoms with E-state index in [1.54, 1.807) is 7.11 Å². The average molecular weight is 319 g/mol. The molecule has 0 saturated carbocycles. The minimum atomic E-state index is 0.111. The Kier molecular flexibility index (Phi) is 4.74. The lowest BCUT2D eigenvalue weighted by Crippen LogP contribution is -2.03. The Morgan fingerprint density at radius 2 is 1.79 bits per heavy atom. The summed E-state index contributed by atoms with van der Waals surface area (Å²) >= 11 is 3.40. The first-order valence-electron chi connectivity index (χ1n) is 6.11. The van der Waals surface area contributed by atoms with Gasteiger partial charge in [-0.05, 0) is 36.2 Å². The third-order valence-electron chi connectivity index (χ3n) is 2.96. The first kappa shape index (κ1) is 13.8. The number of aryl methyl sites for hydroxylation is 1. The predicted molar refractivity (Wildman–Crippen MR) is 79.8 cm³/mol. The molecule has 0 aromatic heterocycles. The maximum absolute atomic E-state index is 12.2. The second kappa shape index (κ2) is 6.53. The third kappa shape index (κ3) is 3.67. The van der Waals surface area contributed by atoms with Crippen LogP contribution in [0.25, 0.3) is 0 Å². The summed E-state index contributed by atoms with van der Waals surface area (Å²) < 4.78 is 6.26. The van der Waals surface area contributed by atoms with Gasteiger partial charge >= 0.3 is 0 Å². The number of methoxy groups -OCH3 is 1. The van der Waals surface area contributed by atoms with E-state index in [2.05, 4.69) is 15.9 Å². The summed E-state index contributed by atoms with van der Waals surface area (Å²) in [5, 5.41) is 0. The molecule has 0 saturated heterocycles. The van der Waals surface area contributed by atoms with Crippen molar-refractivity contribution in [3.05, 3.63) is 64.1 Å². The third-order valence-corrected chi connectivity index (χ3v) is 3.49. The molecule has 98 valence electrons. The summed E-state index contributed by atoms with van der Waals surface area (Å²) in [6.07, 6.45) is 1.23. The number of para-hydroxylation sites is 1. The number of carbonyl (C=O) groups excluding carboxylic acids is 1. The summed E-state index contributed by atoms with van der Waals surface area (Å²) in [7, 11) is 1.58. The molecular weight excluding hydrogens is 304 g/mol. The van der Waals surface area contributed by atoms with Gasteiger partial charge < -0.3 is 4.74 Å². The number of ether oxygens (including phenoxy) is 1. The molecule has 0 spiro atoms. The fourth-order valence-electron chi connectivity index (χ4n) is 1.92. The predicted octanol–water partition coefficient (Wildman–Crippen LogP) is 4.27. The van der Waals surface area contributed by atoms with Crippen molar-refractivity contribution in [3.63, 3.8) is 0 Å². The molecule has 0 heterocycles. The minimum absolute atomic E-state index is 0.111. The van der Waals surface area contributed by atoms with Crippen LogP contribution in [-0.4, -0.2) is 12.9 Å². The van der Waals surface area contributed by atoms with Gasteiger partial charge in [-0.15, -0.1) is 0 Å². The average Bonchev–Trinajstić information content (AvgIpc) is 2.46. The highest BCUT2D eigenvalue weighted by Crippen LogP contribution is 2.20. The Hall–Kier alpha value is -1.61. The van der Waals surface area contributed by atoms with Gasteiger partial charge in [0.1, 0.15) is 5.75 Å². The maximum atomic E-state index is 12.2. The van der Waals surface area contributed by atoms with Crippen molar-refractivity contribution >= 4 is 21.7 Å². The second-order valence-corrected chi connectivity index (χ2v) is 5.17. The fourth-order valence-corrected chi connectivity index (χ4v) is 2.18. The molecule has 19 heavy (non-hydrogen) atoms. The van der Waals surface area contributed by atoms with Crippen LogP contribution in [0.3, 0.4) is 0 Å². The molecule has 0 bridgehead atoms. The highest BCUT2D eigenvalue weighted by Gasteiger charge is 2.11. The lowest BCUT2D eigenvalue weighted by atomic mass is 10.0. The number of hydrogen-bond acceptors (Lipinski definition) is 2. The molecule has 0 atom stereocenters. The van der Waals surface area contributed by atoms with Gasteiger partial charge in [-0.2, -0.15) is 0 Å². The zero-order chi connectivity index (χ0) is 13.7. The van der Waals surface area contributed by atoms with Crippen LogP contribution < -0.4 is 4.74 Å².